The molecule has 0 unspecified atom stereocenters. The average molecular weight is 177 g/mol. The minimum absolute atomic E-state index is 0.0493. The van der Waals surface area contributed by atoms with Gasteiger partial charge in [-0.1, -0.05) is 0 Å². The predicted molar refractivity (Wildman–Crippen MR) is 50.7 cm³/mol. The molecular formula is C9H11N3O. The van der Waals surface area contributed by atoms with E-state index in [1.165, 1.54) is 0 Å². The Bertz CT molecular complexity index is 349. The number of nitrogens with zero attached hydrogens (tertiary/aromatic N) is 1. The number of nitrogens with one attached hydrogen (secondary N) is 2. The van der Waals surface area contributed by atoms with Crippen LogP contribution >= 0.6 is 0 Å². The quantitative estimate of drug-likeness (QED) is 0.673. The van der Waals surface area contributed by atoms with Crippen molar-refractivity contribution in [3.8, 4) is 0 Å². The molecule has 2 rings (SSSR count). The first-order chi connectivity index (χ1) is 6.31. The molecule has 2 N–H and O–H groups in total. The Morgan fingerprint density at radius 1 is 1.54 bits per heavy atom. The molecular weight excluding hydrogens is 166 g/mol. The van der Waals surface area contributed by atoms with Crippen molar-refractivity contribution in [2.24, 2.45) is 0 Å². The van der Waals surface area contributed by atoms with Gasteiger partial charge in [0.05, 0.1) is 0 Å². The average Bonchev–Trinajstić information content (AvgIpc) is 2.16. The van der Waals surface area contributed by atoms with Crippen LogP contribution in [-0.4, -0.2) is 17.9 Å². The SMILES string of the molecule is CNc1ccnc2c1CCC(=O)N2. The highest BCUT2D eigenvalue weighted by molar-refractivity contribution is 5.93. The molecule has 1 aromatic heterocycles. The van der Waals surface area contributed by atoms with Gasteiger partial charge in [0.15, 0.2) is 0 Å². The van der Waals surface area contributed by atoms with Crippen molar-refractivity contribution in [2.75, 3.05) is 17.7 Å². The van der Waals surface area contributed by atoms with Crippen molar-refractivity contribution in [3.05, 3.63) is 17.8 Å². The van der Waals surface area contributed by atoms with E-state index in [9.17, 15) is 4.79 Å². The maximum absolute atomic E-state index is 11.1. The Balaban J connectivity index is 2.45. The van der Waals surface area contributed by atoms with Gasteiger partial charge < -0.3 is 10.6 Å². The highest BCUT2D eigenvalue weighted by Gasteiger charge is 2.17. The zero-order valence-electron chi connectivity index (χ0n) is 7.42. The second-order valence-corrected chi connectivity index (χ2v) is 2.98. The summed E-state index contributed by atoms with van der Waals surface area (Å²) in [5.41, 5.74) is 2.15. The largest absolute Gasteiger partial charge is 0.388 e. The summed E-state index contributed by atoms with van der Waals surface area (Å²) in [6, 6.07) is 1.91. The predicted octanol–water partition coefficient (Wildman–Crippen LogP) is 1.01. The summed E-state index contributed by atoms with van der Waals surface area (Å²) >= 11 is 0. The van der Waals surface area contributed by atoms with E-state index >= 15 is 0 Å². The Morgan fingerprint density at radius 2 is 2.38 bits per heavy atom. The zero-order valence-corrected chi connectivity index (χ0v) is 7.42. The molecule has 0 aliphatic carbocycles. The van der Waals surface area contributed by atoms with Crippen LogP contribution in [0.2, 0.25) is 0 Å². The summed E-state index contributed by atoms with van der Waals surface area (Å²) in [5.74, 6) is 0.747. The van der Waals surface area contributed by atoms with Crippen molar-refractivity contribution in [1.82, 2.24) is 4.98 Å². The van der Waals surface area contributed by atoms with Gasteiger partial charge >= 0.3 is 0 Å². The Morgan fingerprint density at radius 3 is 3.15 bits per heavy atom. The van der Waals surface area contributed by atoms with Gasteiger partial charge in [-0.05, 0) is 12.5 Å². The molecule has 1 amide bonds. The summed E-state index contributed by atoms with van der Waals surface area (Å²) in [5, 5.41) is 5.82. The van der Waals surface area contributed by atoms with E-state index in [0.29, 0.717) is 12.2 Å². The lowest BCUT2D eigenvalue weighted by molar-refractivity contribution is -0.116. The molecule has 13 heavy (non-hydrogen) atoms. The molecule has 0 atom stereocenters. The number of hydrogen-bond acceptors (Lipinski definition) is 3. The zero-order chi connectivity index (χ0) is 9.26. The van der Waals surface area contributed by atoms with Crippen molar-refractivity contribution in [1.29, 1.82) is 0 Å². The third-order valence-corrected chi connectivity index (χ3v) is 2.19. The third-order valence-electron chi connectivity index (χ3n) is 2.19. The number of pyridine rings is 1. The molecule has 1 aliphatic rings. The molecule has 4 heteroatoms. The first kappa shape index (κ1) is 8.04. The maximum Gasteiger partial charge on any atom is 0.225 e. The number of carbonyl (C=O) groups excluding carboxylic acids is 1. The minimum atomic E-state index is 0.0493. The number of fused-ring (bicyclic) bond motifs is 1. The number of carbonyl (C=O) groups is 1. The number of aromatic nitrogens is 1. The molecule has 0 fully saturated rings. The van der Waals surface area contributed by atoms with Crippen molar-refractivity contribution in [2.45, 2.75) is 12.8 Å². The van der Waals surface area contributed by atoms with E-state index in [2.05, 4.69) is 15.6 Å². The molecule has 0 radical (unpaired) electrons. The molecule has 68 valence electrons. The van der Waals surface area contributed by atoms with E-state index in [1.54, 1.807) is 6.20 Å². The normalized spacial score (nSPS) is 14.7. The fraction of sp³-hybridized carbons (Fsp3) is 0.333. The summed E-state index contributed by atoms with van der Waals surface area (Å²) in [6.07, 6.45) is 3.01. The summed E-state index contributed by atoms with van der Waals surface area (Å²) in [6.45, 7) is 0. The van der Waals surface area contributed by atoms with Crippen LogP contribution < -0.4 is 10.6 Å². The van der Waals surface area contributed by atoms with Crippen molar-refractivity contribution in [3.63, 3.8) is 0 Å². The van der Waals surface area contributed by atoms with Crippen LogP contribution in [0.5, 0.6) is 0 Å². The smallest absolute Gasteiger partial charge is 0.225 e. The van der Waals surface area contributed by atoms with Crippen LogP contribution in [0.1, 0.15) is 12.0 Å². The third kappa shape index (κ3) is 1.35. The maximum atomic E-state index is 11.1. The minimum Gasteiger partial charge on any atom is -0.388 e. The van der Waals surface area contributed by atoms with Crippen LogP contribution in [0.3, 0.4) is 0 Å². The van der Waals surface area contributed by atoms with E-state index < -0.39 is 0 Å². The molecule has 0 bridgehead atoms. The summed E-state index contributed by atoms with van der Waals surface area (Å²) in [4.78, 5) is 15.2. The fourth-order valence-electron chi connectivity index (χ4n) is 1.52. The highest BCUT2D eigenvalue weighted by Crippen LogP contribution is 2.26. The first-order valence-electron chi connectivity index (χ1n) is 4.27. The van der Waals surface area contributed by atoms with Crippen LogP contribution in [0.15, 0.2) is 12.3 Å². The number of hydrogen-bond donors (Lipinski definition) is 2. The summed E-state index contributed by atoms with van der Waals surface area (Å²) < 4.78 is 0. The lowest BCUT2D eigenvalue weighted by Crippen LogP contribution is -2.20. The van der Waals surface area contributed by atoms with Gasteiger partial charge in [-0.25, -0.2) is 4.98 Å². The Kier molecular flexibility index (Phi) is 1.88. The number of rotatable bonds is 1. The van der Waals surface area contributed by atoms with Gasteiger partial charge in [-0.3, -0.25) is 4.79 Å². The van der Waals surface area contributed by atoms with Gasteiger partial charge in [-0.2, -0.15) is 0 Å². The van der Waals surface area contributed by atoms with Gasteiger partial charge in [-0.15, -0.1) is 0 Å². The van der Waals surface area contributed by atoms with E-state index in [1.807, 2.05) is 13.1 Å². The topological polar surface area (TPSA) is 54.0 Å². The fourth-order valence-corrected chi connectivity index (χ4v) is 1.52. The lowest BCUT2D eigenvalue weighted by Gasteiger charge is -2.18. The molecule has 0 saturated heterocycles. The molecule has 0 spiro atoms. The Labute approximate surface area is 76.4 Å². The Hall–Kier alpha value is -1.58. The van der Waals surface area contributed by atoms with Crippen LogP contribution in [-0.2, 0) is 11.2 Å². The second kappa shape index (κ2) is 3.05. The van der Waals surface area contributed by atoms with Gasteiger partial charge in [0, 0.05) is 30.9 Å². The molecule has 4 nitrogen and oxygen atoms in total. The van der Waals surface area contributed by atoms with Gasteiger partial charge in [0.1, 0.15) is 5.82 Å². The lowest BCUT2D eigenvalue weighted by atomic mass is 10.1. The summed E-state index contributed by atoms with van der Waals surface area (Å²) in [7, 11) is 1.87. The van der Waals surface area contributed by atoms with Gasteiger partial charge in [0.2, 0.25) is 5.91 Å². The monoisotopic (exact) mass is 177 g/mol. The number of anilines is 2. The molecule has 2 heterocycles. The van der Waals surface area contributed by atoms with Crippen LogP contribution in [0.4, 0.5) is 11.5 Å². The van der Waals surface area contributed by atoms with Crippen molar-refractivity contribution >= 4 is 17.4 Å². The molecule has 0 saturated carbocycles. The standard InChI is InChI=1S/C9H11N3O/c1-10-7-4-5-11-9-6(7)2-3-8(13)12-9/h4-5H,2-3H2,1H3,(H2,10,11,12,13). The van der Waals surface area contributed by atoms with E-state index in [-0.39, 0.29) is 5.91 Å². The van der Waals surface area contributed by atoms with Crippen molar-refractivity contribution < 1.29 is 4.79 Å². The molecule has 1 aromatic rings. The highest BCUT2D eigenvalue weighted by atomic mass is 16.1. The van der Waals surface area contributed by atoms with Gasteiger partial charge in [0.25, 0.3) is 0 Å². The second-order valence-electron chi connectivity index (χ2n) is 2.98. The van der Waals surface area contributed by atoms with E-state index in [0.717, 1.165) is 17.7 Å². The molecule has 1 aliphatic heterocycles. The molecule has 0 aromatic carbocycles. The van der Waals surface area contributed by atoms with Crippen LogP contribution in [0.25, 0.3) is 0 Å². The van der Waals surface area contributed by atoms with E-state index in [4.69, 9.17) is 0 Å². The van der Waals surface area contributed by atoms with Crippen LogP contribution in [0, 0.1) is 0 Å². The first-order valence-corrected chi connectivity index (χ1v) is 4.27. The number of amides is 1.